The van der Waals surface area contributed by atoms with Gasteiger partial charge in [-0.15, -0.1) is 0 Å². The van der Waals surface area contributed by atoms with Gasteiger partial charge in [-0.1, -0.05) is 54.1 Å². The summed E-state index contributed by atoms with van der Waals surface area (Å²) in [6, 6.07) is 16.4. The van der Waals surface area contributed by atoms with Gasteiger partial charge in [-0.25, -0.2) is 5.01 Å². The minimum Gasteiger partial charge on any atom is -0.369 e. The van der Waals surface area contributed by atoms with Gasteiger partial charge >= 0.3 is 0 Å². The molecule has 1 fully saturated rings. The lowest BCUT2D eigenvalue weighted by atomic mass is 9.95. The SMILES string of the molecule is Cc1ccc(C2=NN(C(=O)CN3CCC(C(N)=O)CC3)[C@@H](c3ccccc3)C2)c(C)c1. The maximum absolute atomic E-state index is 13.3. The molecule has 1 atom stereocenters. The summed E-state index contributed by atoms with van der Waals surface area (Å²) in [5.41, 5.74) is 11.0. The number of aryl methyl sites for hydroxylation is 2. The van der Waals surface area contributed by atoms with Gasteiger partial charge in [0.05, 0.1) is 18.3 Å². The molecule has 2 amide bonds. The first-order valence-corrected chi connectivity index (χ1v) is 11.0. The van der Waals surface area contributed by atoms with Crippen molar-refractivity contribution in [3.63, 3.8) is 0 Å². The average molecular weight is 419 g/mol. The van der Waals surface area contributed by atoms with E-state index in [9.17, 15) is 9.59 Å². The summed E-state index contributed by atoms with van der Waals surface area (Å²) in [7, 11) is 0. The first-order valence-electron chi connectivity index (χ1n) is 11.0. The first-order chi connectivity index (χ1) is 14.9. The van der Waals surface area contributed by atoms with Crippen molar-refractivity contribution >= 4 is 17.5 Å². The average Bonchev–Trinajstić information content (AvgIpc) is 3.20. The van der Waals surface area contributed by atoms with Gasteiger partial charge in [0.1, 0.15) is 0 Å². The normalized spacial score (nSPS) is 20.0. The molecule has 162 valence electrons. The first kappa shape index (κ1) is 21.2. The Labute approximate surface area is 183 Å². The Bertz CT molecular complexity index is 994. The van der Waals surface area contributed by atoms with Crippen LogP contribution in [0.4, 0.5) is 0 Å². The summed E-state index contributed by atoms with van der Waals surface area (Å²) in [4.78, 5) is 26.8. The van der Waals surface area contributed by atoms with Gasteiger partial charge in [-0.2, -0.15) is 5.10 Å². The van der Waals surface area contributed by atoms with Crippen molar-refractivity contribution in [2.75, 3.05) is 19.6 Å². The molecule has 2 aromatic carbocycles. The predicted octanol–water partition coefficient (Wildman–Crippen LogP) is 3.18. The number of benzene rings is 2. The molecular formula is C25H30N4O2. The second-order valence-electron chi connectivity index (χ2n) is 8.69. The third-order valence-corrected chi connectivity index (χ3v) is 6.39. The van der Waals surface area contributed by atoms with Crippen LogP contribution in [0.25, 0.3) is 0 Å². The highest BCUT2D eigenvalue weighted by Crippen LogP contribution is 2.33. The fraction of sp³-hybridized carbons (Fsp3) is 0.400. The van der Waals surface area contributed by atoms with E-state index in [2.05, 4.69) is 49.1 Å². The number of nitrogens with zero attached hydrogens (tertiary/aromatic N) is 3. The number of rotatable bonds is 5. The molecule has 0 saturated carbocycles. The van der Waals surface area contributed by atoms with Gasteiger partial charge in [-0.3, -0.25) is 14.5 Å². The summed E-state index contributed by atoms with van der Waals surface area (Å²) in [5, 5.41) is 6.49. The molecule has 2 aromatic rings. The Morgan fingerprint density at radius 1 is 1.06 bits per heavy atom. The summed E-state index contributed by atoms with van der Waals surface area (Å²) in [5.74, 6) is -0.326. The van der Waals surface area contributed by atoms with E-state index in [0.29, 0.717) is 38.9 Å². The second kappa shape index (κ2) is 9.02. The molecule has 2 heterocycles. The van der Waals surface area contributed by atoms with Crippen LogP contribution in [0.5, 0.6) is 0 Å². The van der Waals surface area contributed by atoms with Gasteiger partial charge in [-0.05, 0) is 50.9 Å². The van der Waals surface area contributed by atoms with Crippen LogP contribution >= 0.6 is 0 Å². The zero-order chi connectivity index (χ0) is 22.0. The van der Waals surface area contributed by atoms with Gasteiger partial charge in [0, 0.05) is 17.9 Å². The number of amides is 2. The van der Waals surface area contributed by atoms with Crippen molar-refractivity contribution in [3.8, 4) is 0 Å². The monoisotopic (exact) mass is 418 g/mol. The fourth-order valence-electron chi connectivity index (χ4n) is 4.61. The molecule has 0 radical (unpaired) electrons. The Morgan fingerprint density at radius 2 is 1.77 bits per heavy atom. The minimum absolute atomic E-state index is 0.00820. The number of carbonyl (C=O) groups excluding carboxylic acids is 2. The number of hydrogen-bond donors (Lipinski definition) is 1. The maximum atomic E-state index is 13.3. The zero-order valence-corrected chi connectivity index (χ0v) is 18.3. The molecule has 0 aromatic heterocycles. The highest BCUT2D eigenvalue weighted by molar-refractivity contribution is 6.04. The van der Waals surface area contributed by atoms with Crippen LogP contribution in [0.1, 0.15) is 47.6 Å². The van der Waals surface area contributed by atoms with Crippen LogP contribution in [0.2, 0.25) is 0 Å². The number of hydrogen-bond acceptors (Lipinski definition) is 4. The highest BCUT2D eigenvalue weighted by Gasteiger charge is 2.34. The lowest BCUT2D eigenvalue weighted by Gasteiger charge is -2.31. The summed E-state index contributed by atoms with van der Waals surface area (Å²) >= 11 is 0. The number of hydrazone groups is 1. The number of piperidine rings is 1. The van der Waals surface area contributed by atoms with Crippen LogP contribution in [-0.4, -0.2) is 47.1 Å². The highest BCUT2D eigenvalue weighted by atomic mass is 16.2. The largest absolute Gasteiger partial charge is 0.369 e. The third kappa shape index (κ3) is 4.69. The van der Waals surface area contributed by atoms with Crippen molar-refractivity contribution in [2.24, 2.45) is 16.8 Å². The van der Waals surface area contributed by atoms with Crippen molar-refractivity contribution in [3.05, 3.63) is 70.8 Å². The van der Waals surface area contributed by atoms with E-state index in [-0.39, 0.29) is 23.8 Å². The van der Waals surface area contributed by atoms with E-state index in [1.54, 1.807) is 5.01 Å². The van der Waals surface area contributed by atoms with E-state index in [1.807, 2.05) is 18.2 Å². The van der Waals surface area contributed by atoms with Crippen LogP contribution in [0.15, 0.2) is 53.6 Å². The van der Waals surface area contributed by atoms with E-state index < -0.39 is 0 Å². The summed E-state index contributed by atoms with van der Waals surface area (Å²) in [6.45, 7) is 5.89. The van der Waals surface area contributed by atoms with Crippen molar-refractivity contribution in [1.29, 1.82) is 0 Å². The van der Waals surface area contributed by atoms with Crippen molar-refractivity contribution in [1.82, 2.24) is 9.91 Å². The molecule has 2 aliphatic heterocycles. The van der Waals surface area contributed by atoms with Gasteiger partial charge in [0.15, 0.2) is 0 Å². The third-order valence-electron chi connectivity index (χ3n) is 6.39. The molecule has 0 spiro atoms. The molecule has 4 rings (SSSR count). The van der Waals surface area contributed by atoms with E-state index in [1.165, 1.54) is 11.1 Å². The quantitative estimate of drug-likeness (QED) is 0.810. The Hall–Kier alpha value is -2.99. The number of likely N-dealkylation sites (tertiary alicyclic amines) is 1. The molecule has 6 nitrogen and oxygen atoms in total. The van der Waals surface area contributed by atoms with Crippen LogP contribution in [0, 0.1) is 19.8 Å². The molecule has 0 aliphatic carbocycles. The minimum atomic E-state index is -0.239. The van der Waals surface area contributed by atoms with E-state index in [4.69, 9.17) is 10.8 Å². The van der Waals surface area contributed by atoms with Crippen LogP contribution in [-0.2, 0) is 9.59 Å². The van der Waals surface area contributed by atoms with E-state index in [0.717, 1.165) is 16.8 Å². The number of nitrogens with two attached hydrogens (primary N) is 1. The number of primary amides is 1. The topological polar surface area (TPSA) is 79.0 Å². The molecule has 2 aliphatic rings. The zero-order valence-electron chi connectivity index (χ0n) is 18.3. The van der Waals surface area contributed by atoms with Crippen LogP contribution < -0.4 is 5.73 Å². The van der Waals surface area contributed by atoms with Gasteiger partial charge in [0.25, 0.3) is 5.91 Å². The summed E-state index contributed by atoms with van der Waals surface area (Å²) < 4.78 is 0. The van der Waals surface area contributed by atoms with E-state index >= 15 is 0 Å². The number of carbonyl (C=O) groups is 2. The van der Waals surface area contributed by atoms with Gasteiger partial charge < -0.3 is 5.73 Å². The lowest BCUT2D eigenvalue weighted by Crippen LogP contribution is -2.43. The maximum Gasteiger partial charge on any atom is 0.257 e. The Morgan fingerprint density at radius 3 is 2.42 bits per heavy atom. The van der Waals surface area contributed by atoms with Crippen LogP contribution in [0.3, 0.4) is 0 Å². The lowest BCUT2D eigenvalue weighted by molar-refractivity contribution is -0.134. The Kier molecular flexibility index (Phi) is 6.18. The fourth-order valence-corrected chi connectivity index (χ4v) is 4.61. The molecule has 0 bridgehead atoms. The standard InChI is InChI=1S/C25H30N4O2/c1-17-8-9-21(18(2)14-17)22-15-23(19-6-4-3-5-7-19)29(27-22)24(30)16-28-12-10-20(11-13-28)25(26)31/h3-9,14,20,23H,10-13,15-16H2,1-2H3,(H2,26,31)/t23-/m1/s1. The molecule has 1 saturated heterocycles. The van der Waals surface area contributed by atoms with Gasteiger partial charge in [0.2, 0.25) is 5.91 Å². The van der Waals surface area contributed by atoms with Crippen molar-refractivity contribution < 1.29 is 9.59 Å². The molecule has 2 N–H and O–H groups in total. The molecule has 6 heteroatoms. The summed E-state index contributed by atoms with van der Waals surface area (Å²) in [6.07, 6.45) is 2.12. The predicted molar refractivity (Wildman–Crippen MR) is 121 cm³/mol. The Balaban J connectivity index is 1.55. The molecule has 0 unspecified atom stereocenters. The second-order valence-corrected chi connectivity index (χ2v) is 8.69. The molecule has 31 heavy (non-hydrogen) atoms. The molecular weight excluding hydrogens is 388 g/mol. The van der Waals surface area contributed by atoms with Crippen molar-refractivity contribution in [2.45, 2.75) is 39.2 Å². The smallest absolute Gasteiger partial charge is 0.257 e.